The molecule has 0 aromatic carbocycles. The first-order valence-corrected chi connectivity index (χ1v) is 7.28. The lowest BCUT2D eigenvalue weighted by molar-refractivity contribution is 0.333. The summed E-state index contributed by atoms with van der Waals surface area (Å²) >= 11 is 0. The highest BCUT2D eigenvalue weighted by atomic mass is 19.1. The summed E-state index contributed by atoms with van der Waals surface area (Å²) in [6.07, 6.45) is 8.43. The average Bonchev–Trinajstić information content (AvgIpc) is 2.55. The molecular weight excluding hydrogens is 283 g/mol. The molecule has 5 nitrogen and oxygen atoms in total. The lowest BCUT2D eigenvalue weighted by Crippen LogP contribution is -2.43. The standard InChI is InChI=1S/C16H21FN4O/c1-3-4-5-14(13(2)17)12-22-16-11-19-10-15(20-16)21-8-6-18-7-9-21/h3-5,10-11,18H,2,6-9,12H2,1H3/b4-3-,14-5-. The van der Waals surface area contributed by atoms with Crippen molar-refractivity contribution >= 4 is 5.82 Å². The molecule has 1 fully saturated rings. The van der Waals surface area contributed by atoms with Crippen LogP contribution in [0.4, 0.5) is 10.2 Å². The molecule has 118 valence electrons. The van der Waals surface area contributed by atoms with Crippen molar-refractivity contribution in [3.05, 3.63) is 48.6 Å². The van der Waals surface area contributed by atoms with Crippen LogP contribution in [0.3, 0.4) is 0 Å². The molecule has 0 spiro atoms. The molecule has 0 radical (unpaired) electrons. The van der Waals surface area contributed by atoms with Gasteiger partial charge in [-0.2, -0.15) is 4.98 Å². The summed E-state index contributed by atoms with van der Waals surface area (Å²) < 4.78 is 18.9. The van der Waals surface area contributed by atoms with E-state index in [9.17, 15) is 4.39 Å². The van der Waals surface area contributed by atoms with Crippen LogP contribution in [-0.2, 0) is 0 Å². The summed E-state index contributed by atoms with van der Waals surface area (Å²) in [7, 11) is 0. The highest BCUT2D eigenvalue weighted by molar-refractivity contribution is 5.38. The molecule has 22 heavy (non-hydrogen) atoms. The lowest BCUT2D eigenvalue weighted by atomic mass is 10.2. The zero-order valence-electron chi connectivity index (χ0n) is 12.8. The minimum Gasteiger partial charge on any atom is -0.472 e. The maximum atomic E-state index is 13.3. The van der Waals surface area contributed by atoms with E-state index in [1.807, 2.05) is 13.0 Å². The summed E-state index contributed by atoms with van der Waals surface area (Å²) in [5, 5.41) is 3.28. The summed E-state index contributed by atoms with van der Waals surface area (Å²) in [4.78, 5) is 10.7. The van der Waals surface area contributed by atoms with Gasteiger partial charge >= 0.3 is 0 Å². The van der Waals surface area contributed by atoms with Crippen molar-refractivity contribution in [2.75, 3.05) is 37.7 Å². The third kappa shape index (κ3) is 4.66. The highest BCUT2D eigenvalue weighted by Gasteiger charge is 2.13. The third-order valence-electron chi connectivity index (χ3n) is 3.25. The zero-order chi connectivity index (χ0) is 15.8. The Morgan fingerprint density at radius 3 is 2.91 bits per heavy atom. The van der Waals surface area contributed by atoms with Gasteiger partial charge in [-0.15, -0.1) is 0 Å². The number of nitrogens with one attached hydrogen (secondary N) is 1. The molecule has 0 saturated carbocycles. The van der Waals surface area contributed by atoms with Crippen LogP contribution >= 0.6 is 0 Å². The van der Waals surface area contributed by atoms with Crippen LogP contribution in [0.2, 0.25) is 0 Å². The molecule has 0 atom stereocenters. The Balaban J connectivity index is 2.02. The van der Waals surface area contributed by atoms with Crippen molar-refractivity contribution in [1.82, 2.24) is 15.3 Å². The molecule has 1 saturated heterocycles. The van der Waals surface area contributed by atoms with Gasteiger partial charge < -0.3 is 15.0 Å². The van der Waals surface area contributed by atoms with Crippen LogP contribution in [0.25, 0.3) is 0 Å². The summed E-state index contributed by atoms with van der Waals surface area (Å²) in [5.74, 6) is 0.644. The molecule has 1 aliphatic rings. The second-order valence-electron chi connectivity index (χ2n) is 4.86. The number of allylic oxidation sites excluding steroid dienone is 3. The molecule has 2 heterocycles. The fourth-order valence-electron chi connectivity index (χ4n) is 2.04. The first-order valence-electron chi connectivity index (χ1n) is 7.28. The van der Waals surface area contributed by atoms with Gasteiger partial charge in [0.2, 0.25) is 5.88 Å². The normalized spacial score (nSPS) is 16.1. The first kappa shape index (κ1) is 16.2. The molecule has 1 N–H and O–H groups in total. The van der Waals surface area contributed by atoms with Crippen LogP contribution in [0.5, 0.6) is 5.88 Å². The molecule has 0 aliphatic carbocycles. The number of halogens is 1. The smallest absolute Gasteiger partial charge is 0.234 e. The minimum absolute atomic E-state index is 0.0688. The van der Waals surface area contributed by atoms with Gasteiger partial charge in [0.15, 0.2) is 5.82 Å². The van der Waals surface area contributed by atoms with Crippen molar-refractivity contribution in [1.29, 1.82) is 0 Å². The van der Waals surface area contributed by atoms with Gasteiger partial charge in [-0.3, -0.25) is 4.98 Å². The van der Waals surface area contributed by atoms with Crippen LogP contribution in [0.15, 0.2) is 48.6 Å². The van der Waals surface area contributed by atoms with Crippen LogP contribution in [0.1, 0.15) is 6.92 Å². The maximum absolute atomic E-state index is 13.3. The van der Waals surface area contributed by atoms with E-state index in [0.717, 1.165) is 32.0 Å². The summed E-state index contributed by atoms with van der Waals surface area (Å²) in [5.41, 5.74) is 0.382. The fraction of sp³-hybridized carbons (Fsp3) is 0.375. The SMILES string of the molecule is C=C(F)/C(=C\C=C/C)COc1cncc(N2CCNCC2)n1. The molecule has 1 aromatic heterocycles. The number of piperazine rings is 1. The number of nitrogens with zero attached hydrogens (tertiary/aromatic N) is 3. The van der Waals surface area contributed by atoms with Crippen molar-refractivity contribution in [3.63, 3.8) is 0 Å². The van der Waals surface area contributed by atoms with Crippen molar-refractivity contribution in [2.45, 2.75) is 6.92 Å². The second kappa shape index (κ2) is 8.29. The van der Waals surface area contributed by atoms with Crippen molar-refractivity contribution in [2.24, 2.45) is 0 Å². The third-order valence-corrected chi connectivity index (χ3v) is 3.25. The van der Waals surface area contributed by atoms with Crippen LogP contribution in [0, 0.1) is 0 Å². The summed E-state index contributed by atoms with van der Waals surface area (Å²) in [6, 6.07) is 0. The Morgan fingerprint density at radius 1 is 1.45 bits per heavy atom. The number of ether oxygens (including phenoxy) is 1. The monoisotopic (exact) mass is 304 g/mol. The second-order valence-corrected chi connectivity index (χ2v) is 4.86. The van der Waals surface area contributed by atoms with Crippen LogP contribution < -0.4 is 15.0 Å². The number of hydrogen-bond donors (Lipinski definition) is 1. The van der Waals surface area contributed by atoms with Gasteiger partial charge in [-0.1, -0.05) is 24.8 Å². The Hall–Kier alpha value is -2.21. The van der Waals surface area contributed by atoms with Gasteiger partial charge in [0.1, 0.15) is 12.4 Å². The Bertz CT molecular complexity index is 565. The van der Waals surface area contributed by atoms with E-state index in [0.29, 0.717) is 11.5 Å². The number of rotatable bonds is 6. The number of anilines is 1. The van der Waals surface area contributed by atoms with Crippen molar-refractivity contribution in [3.8, 4) is 5.88 Å². The minimum atomic E-state index is -0.510. The van der Waals surface area contributed by atoms with E-state index in [-0.39, 0.29) is 6.61 Å². The molecular formula is C16H21FN4O. The molecule has 0 amide bonds. The lowest BCUT2D eigenvalue weighted by Gasteiger charge is -2.28. The van der Waals surface area contributed by atoms with Gasteiger partial charge in [-0.05, 0) is 6.92 Å². The summed E-state index contributed by atoms with van der Waals surface area (Å²) in [6.45, 7) is 8.84. The van der Waals surface area contributed by atoms with Crippen molar-refractivity contribution < 1.29 is 9.13 Å². The van der Waals surface area contributed by atoms with E-state index in [4.69, 9.17) is 4.74 Å². The largest absolute Gasteiger partial charge is 0.472 e. The average molecular weight is 304 g/mol. The van der Waals surface area contributed by atoms with Gasteiger partial charge in [0.25, 0.3) is 0 Å². The fourth-order valence-corrected chi connectivity index (χ4v) is 2.04. The Kier molecular flexibility index (Phi) is 6.09. The molecule has 6 heteroatoms. The highest BCUT2D eigenvalue weighted by Crippen LogP contribution is 2.16. The molecule has 0 bridgehead atoms. The van der Waals surface area contributed by atoms with E-state index < -0.39 is 5.83 Å². The Morgan fingerprint density at radius 2 is 2.23 bits per heavy atom. The zero-order valence-corrected chi connectivity index (χ0v) is 12.8. The van der Waals surface area contributed by atoms with Crippen LogP contribution in [-0.4, -0.2) is 42.8 Å². The van der Waals surface area contributed by atoms with Gasteiger partial charge in [-0.25, -0.2) is 4.39 Å². The Labute approximate surface area is 130 Å². The number of aromatic nitrogens is 2. The van der Waals surface area contributed by atoms with E-state index in [2.05, 4.69) is 26.8 Å². The van der Waals surface area contributed by atoms with Gasteiger partial charge in [0, 0.05) is 31.8 Å². The van der Waals surface area contributed by atoms with E-state index >= 15 is 0 Å². The van der Waals surface area contributed by atoms with E-state index in [1.165, 1.54) is 6.20 Å². The molecule has 1 aliphatic heterocycles. The molecule has 1 aromatic rings. The first-order chi connectivity index (χ1) is 10.7. The predicted octanol–water partition coefficient (Wildman–Crippen LogP) is 2.25. The number of hydrogen-bond acceptors (Lipinski definition) is 5. The molecule has 0 unspecified atom stereocenters. The topological polar surface area (TPSA) is 50.3 Å². The molecule has 2 rings (SSSR count). The predicted molar refractivity (Wildman–Crippen MR) is 85.8 cm³/mol. The maximum Gasteiger partial charge on any atom is 0.234 e. The van der Waals surface area contributed by atoms with Gasteiger partial charge in [0.05, 0.1) is 12.4 Å². The van der Waals surface area contributed by atoms with E-state index in [1.54, 1.807) is 18.3 Å². The quantitative estimate of drug-likeness (QED) is 0.817.